The number of aromatic nitrogens is 1. The number of allylic oxidation sites excluding steroid dienone is 2. The lowest BCUT2D eigenvalue weighted by Gasteiger charge is -2.65. The predicted octanol–water partition coefficient (Wildman–Crippen LogP) is 8.03. The van der Waals surface area contributed by atoms with Crippen LogP contribution in [-0.2, 0) is 10.2 Å². The first-order valence-electron chi connectivity index (χ1n) is 15.5. The van der Waals surface area contributed by atoms with E-state index in [0.717, 1.165) is 66.1 Å². The molecule has 0 radical (unpaired) electrons. The molecular formula is C36H43NO5. The highest BCUT2D eigenvalue weighted by molar-refractivity contribution is 5.90. The molecule has 7 atom stereocenters. The fourth-order valence-corrected chi connectivity index (χ4v) is 10.2. The first kappa shape index (κ1) is 27.4. The van der Waals surface area contributed by atoms with Crippen LogP contribution in [0.3, 0.4) is 0 Å². The first-order chi connectivity index (χ1) is 19.7. The minimum Gasteiger partial charge on any atom is -0.507 e. The van der Waals surface area contributed by atoms with E-state index in [-0.39, 0.29) is 39.4 Å². The zero-order valence-corrected chi connectivity index (χ0v) is 25.3. The number of carboxylic acids is 1. The molecule has 0 spiro atoms. The lowest BCUT2D eigenvalue weighted by atomic mass is 9.39. The summed E-state index contributed by atoms with van der Waals surface area (Å²) in [6.45, 7) is 10.9. The number of aliphatic carboxylic acids is 1. The van der Waals surface area contributed by atoms with Crippen LogP contribution in [0.1, 0.15) is 101 Å². The quantitative estimate of drug-likeness (QED) is 0.158. The molecule has 4 aliphatic carbocycles. The van der Waals surface area contributed by atoms with Gasteiger partial charge in [-0.15, -0.1) is 0 Å². The van der Waals surface area contributed by atoms with E-state index in [0.29, 0.717) is 23.8 Å². The summed E-state index contributed by atoms with van der Waals surface area (Å²) < 4.78 is 0. The number of aromatic amines is 1. The van der Waals surface area contributed by atoms with Crippen LogP contribution in [-0.4, -0.2) is 31.4 Å². The van der Waals surface area contributed by atoms with Gasteiger partial charge in [0.15, 0.2) is 11.5 Å². The van der Waals surface area contributed by atoms with Crippen molar-refractivity contribution in [1.82, 2.24) is 4.98 Å². The molecular weight excluding hydrogens is 526 g/mol. The third-order valence-electron chi connectivity index (χ3n) is 12.9. The van der Waals surface area contributed by atoms with E-state index in [1.807, 2.05) is 32.2 Å². The van der Waals surface area contributed by atoms with Crippen molar-refractivity contribution in [3.63, 3.8) is 0 Å². The van der Waals surface area contributed by atoms with Crippen LogP contribution in [0.4, 0.5) is 0 Å². The number of carboxylic acid groups (broad SMARTS) is 1. The van der Waals surface area contributed by atoms with Crippen LogP contribution in [0, 0.1) is 35.0 Å². The molecule has 42 heavy (non-hydrogen) atoms. The molecule has 6 heteroatoms. The highest BCUT2D eigenvalue weighted by atomic mass is 16.4. The SMILES string of the molecule is Cc1c(O)c(O)cc2c1C(c1c[nH]c3cccc(O)c13)C=C1[C@@]2(C)CCC2[C@@H]3C[C@](C)(C(=O)O)CC[C@]3(C)CC[C@]12C. The van der Waals surface area contributed by atoms with Crippen LogP contribution in [0.2, 0.25) is 0 Å². The van der Waals surface area contributed by atoms with Crippen molar-refractivity contribution < 1.29 is 25.2 Å². The molecule has 5 N–H and O–H groups in total. The van der Waals surface area contributed by atoms with E-state index in [2.05, 4.69) is 31.8 Å². The molecule has 3 saturated carbocycles. The molecule has 2 unspecified atom stereocenters. The number of fused-ring (bicyclic) bond motifs is 8. The van der Waals surface area contributed by atoms with Crippen molar-refractivity contribution in [2.45, 2.75) is 90.9 Å². The van der Waals surface area contributed by atoms with Gasteiger partial charge in [-0.25, -0.2) is 0 Å². The molecule has 0 saturated heterocycles. The van der Waals surface area contributed by atoms with Crippen molar-refractivity contribution in [2.24, 2.45) is 28.1 Å². The van der Waals surface area contributed by atoms with Crippen LogP contribution >= 0.6 is 0 Å². The summed E-state index contributed by atoms with van der Waals surface area (Å²) in [5, 5.41) is 43.8. The Kier molecular flexibility index (Phi) is 5.60. The monoisotopic (exact) mass is 569 g/mol. The van der Waals surface area contributed by atoms with E-state index in [1.165, 1.54) is 5.57 Å². The van der Waals surface area contributed by atoms with Gasteiger partial charge in [0.1, 0.15) is 5.75 Å². The summed E-state index contributed by atoms with van der Waals surface area (Å²) in [7, 11) is 0. The van der Waals surface area contributed by atoms with Gasteiger partial charge in [-0.3, -0.25) is 4.79 Å². The van der Waals surface area contributed by atoms with Gasteiger partial charge >= 0.3 is 5.97 Å². The summed E-state index contributed by atoms with van der Waals surface area (Å²) in [6.07, 6.45) is 10.8. The highest BCUT2D eigenvalue weighted by Crippen LogP contribution is 2.70. The van der Waals surface area contributed by atoms with Gasteiger partial charge in [-0.2, -0.15) is 0 Å². The topological polar surface area (TPSA) is 114 Å². The zero-order valence-electron chi connectivity index (χ0n) is 25.3. The number of H-pyrrole nitrogens is 1. The van der Waals surface area contributed by atoms with Gasteiger partial charge in [0.25, 0.3) is 0 Å². The van der Waals surface area contributed by atoms with Gasteiger partial charge in [-0.05, 0) is 122 Å². The van der Waals surface area contributed by atoms with Crippen LogP contribution in [0.25, 0.3) is 10.9 Å². The second-order valence-electron chi connectivity index (χ2n) is 15.1. The van der Waals surface area contributed by atoms with E-state index in [4.69, 9.17) is 0 Å². The fourth-order valence-electron chi connectivity index (χ4n) is 10.2. The molecule has 3 fully saturated rings. The molecule has 1 aromatic heterocycles. The van der Waals surface area contributed by atoms with Gasteiger partial charge in [0.05, 0.1) is 5.41 Å². The number of phenolic OH excluding ortho intramolecular Hbond substituents is 3. The predicted molar refractivity (Wildman–Crippen MR) is 163 cm³/mol. The summed E-state index contributed by atoms with van der Waals surface area (Å²) in [6, 6.07) is 7.29. The summed E-state index contributed by atoms with van der Waals surface area (Å²) in [4.78, 5) is 15.8. The largest absolute Gasteiger partial charge is 0.507 e. The number of nitrogens with one attached hydrogen (secondary N) is 1. The van der Waals surface area contributed by atoms with Crippen molar-refractivity contribution in [1.29, 1.82) is 0 Å². The smallest absolute Gasteiger partial charge is 0.309 e. The second kappa shape index (κ2) is 8.58. The first-order valence-corrected chi connectivity index (χ1v) is 15.5. The number of aromatic hydroxyl groups is 3. The van der Waals surface area contributed by atoms with E-state index in [9.17, 15) is 25.2 Å². The maximum atomic E-state index is 12.4. The minimum atomic E-state index is -0.693. The van der Waals surface area contributed by atoms with Gasteiger partial charge in [-0.1, -0.05) is 38.5 Å². The Labute approximate surface area is 247 Å². The number of rotatable bonds is 2. The molecule has 0 aliphatic heterocycles. The minimum absolute atomic E-state index is 0.0910. The molecule has 3 aromatic rings. The maximum absolute atomic E-state index is 12.4. The summed E-state index contributed by atoms with van der Waals surface area (Å²) in [5.74, 6) is -0.184. The Morgan fingerprint density at radius 1 is 0.952 bits per heavy atom. The molecule has 2 aromatic carbocycles. The number of benzene rings is 2. The standard InChI is InChI=1S/C36H43NO5/c1-19-29-20(21-18-37-25-7-6-8-26(38)30(21)25)15-28-35(4,23(29)16-27(39)31(19)40)10-9-22-24-17-34(3,32(41)42)12-11-33(24,2)13-14-36(22,28)5/h6-8,15-16,18,20,22,24,37-40H,9-14,17H2,1-5H3,(H,41,42)/t20?,22?,24-,33+,34+,35-,36-/m0/s1. The van der Waals surface area contributed by atoms with Gasteiger partial charge in [0.2, 0.25) is 0 Å². The lowest BCUT2D eigenvalue weighted by molar-refractivity contribution is -0.160. The third-order valence-corrected chi connectivity index (χ3v) is 12.9. The number of hydrogen-bond donors (Lipinski definition) is 5. The van der Waals surface area contributed by atoms with Crippen molar-refractivity contribution in [2.75, 3.05) is 0 Å². The number of carbonyl (C=O) groups is 1. The van der Waals surface area contributed by atoms with Crippen LogP contribution in [0.5, 0.6) is 17.2 Å². The molecule has 1 heterocycles. The molecule has 7 rings (SSSR count). The summed E-state index contributed by atoms with van der Waals surface area (Å²) >= 11 is 0. The average molecular weight is 570 g/mol. The number of hydrogen-bond acceptors (Lipinski definition) is 4. The Bertz CT molecular complexity index is 1690. The van der Waals surface area contributed by atoms with Gasteiger partial charge < -0.3 is 25.4 Å². The Hall–Kier alpha value is -3.41. The average Bonchev–Trinajstić information content (AvgIpc) is 3.38. The Morgan fingerprint density at radius 3 is 2.43 bits per heavy atom. The normalized spacial score (nSPS) is 37.3. The van der Waals surface area contributed by atoms with Gasteiger partial charge in [0, 0.05) is 28.4 Å². The fraction of sp³-hybridized carbons (Fsp3) is 0.528. The molecule has 4 aliphatic rings. The lowest BCUT2D eigenvalue weighted by Crippen LogP contribution is -2.57. The molecule has 222 valence electrons. The number of phenols is 3. The maximum Gasteiger partial charge on any atom is 0.309 e. The second-order valence-corrected chi connectivity index (χ2v) is 15.1. The third kappa shape index (κ3) is 3.41. The zero-order chi connectivity index (χ0) is 30.0. The molecule has 0 amide bonds. The van der Waals surface area contributed by atoms with E-state index < -0.39 is 11.4 Å². The van der Waals surface area contributed by atoms with Crippen LogP contribution < -0.4 is 0 Å². The van der Waals surface area contributed by atoms with Crippen molar-refractivity contribution in [3.8, 4) is 17.2 Å². The summed E-state index contributed by atoms with van der Waals surface area (Å²) in [5.41, 5.74) is 4.87. The Morgan fingerprint density at radius 2 is 1.69 bits per heavy atom. The Balaban J connectivity index is 1.45. The highest BCUT2D eigenvalue weighted by Gasteiger charge is 2.62. The van der Waals surface area contributed by atoms with Crippen molar-refractivity contribution >= 4 is 16.9 Å². The van der Waals surface area contributed by atoms with Crippen molar-refractivity contribution in [3.05, 3.63) is 64.4 Å². The van der Waals surface area contributed by atoms with E-state index >= 15 is 0 Å². The molecule has 6 nitrogen and oxygen atoms in total. The molecule has 0 bridgehead atoms. The van der Waals surface area contributed by atoms with E-state index in [1.54, 1.807) is 12.1 Å². The van der Waals surface area contributed by atoms with Crippen LogP contribution in [0.15, 0.2) is 42.1 Å².